The van der Waals surface area contributed by atoms with Gasteiger partial charge < -0.3 is 9.47 Å². The van der Waals surface area contributed by atoms with Crippen LogP contribution in [0, 0.1) is 0 Å². The zero-order chi connectivity index (χ0) is 11.0. The van der Waals surface area contributed by atoms with Crippen molar-refractivity contribution in [2.24, 2.45) is 0 Å². The normalized spacial score (nSPS) is 29.3. The second-order valence-electron chi connectivity index (χ2n) is 4.60. The van der Waals surface area contributed by atoms with Crippen molar-refractivity contribution in [2.75, 3.05) is 20.2 Å². The Hall–Kier alpha value is -1.22. The topological polar surface area (TPSA) is 21.7 Å². The quantitative estimate of drug-likeness (QED) is 0.720. The van der Waals surface area contributed by atoms with Gasteiger partial charge in [0.2, 0.25) is 0 Å². The minimum Gasteiger partial charge on any atom is -0.486 e. The van der Waals surface area contributed by atoms with Crippen LogP contribution in [-0.2, 0) is 0 Å². The fourth-order valence-corrected chi connectivity index (χ4v) is 2.63. The van der Waals surface area contributed by atoms with Gasteiger partial charge in [0.1, 0.15) is 12.7 Å². The number of hydrogen-bond acceptors (Lipinski definition) is 3. The molecule has 3 rings (SSSR count). The molecule has 0 aromatic heterocycles. The Bertz CT molecular complexity index is 380. The van der Waals surface area contributed by atoms with Gasteiger partial charge in [0.05, 0.1) is 0 Å². The molecule has 3 heteroatoms. The third-order valence-electron chi connectivity index (χ3n) is 3.54. The van der Waals surface area contributed by atoms with Gasteiger partial charge in [0, 0.05) is 6.04 Å². The highest BCUT2D eigenvalue weighted by molar-refractivity contribution is 5.40. The van der Waals surface area contributed by atoms with Gasteiger partial charge in [-0.1, -0.05) is 12.1 Å². The third kappa shape index (κ3) is 1.65. The van der Waals surface area contributed by atoms with Crippen LogP contribution in [-0.4, -0.2) is 37.2 Å². The largest absolute Gasteiger partial charge is 0.486 e. The van der Waals surface area contributed by atoms with Crippen LogP contribution in [0.25, 0.3) is 0 Å². The van der Waals surface area contributed by atoms with Crippen LogP contribution in [0.15, 0.2) is 24.3 Å². The number of likely N-dealkylation sites (N-methyl/N-ethyl adjacent to an activating group) is 1. The smallest absolute Gasteiger partial charge is 0.161 e. The predicted octanol–water partition coefficient (Wildman–Crippen LogP) is 1.92. The first-order chi connectivity index (χ1) is 7.84. The van der Waals surface area contributed by atoms with Gasteiger partial charge >= 0.3 is 0 Å². The van der Waals surface area contributed by atoms with Crippen LogP contribution >= 0.6 is 0 Å². The van der Waals surface area contributed by atoms with Crippen LogP contribution < -0.4 is 9.47 Å². The van der Waals surface area contributed by atoms with Gasteiger partial charge in [0.15, 0.2) is 11.5 Å². The van der Waals surface area contributed by atoms with Crippen molar-refractivity contribution in [1.29, 1.82) is 0 Å². The molecule has 0 saturated carbocycles. The number of fused-ring (bicyclic) bond motifs is 1. The summed E-state index contributed by atoms with van der Waals surface area (Å²) in [6.45, 7) is 1.85. The Balaban J connectivity index is 1.77. The van der Waals surface area contributed by atoms with E-state index >= 15 is 0 Å². The number of rotatable bonds is 1. The average molecular weight is 219 g/mol. The molecular weight excluding hydrogens is 202 g/mol. The summed E-state index contributed by atoms with van der Waals surface area (Å²) < 4.78 is 11.8. The van der Waals surface area contributed by atoms with E-state index in [-0.39, 0.29) is 6.10 Å². The number of benzene rings is 1. The molecular formula is C13H17NO2. The van der Waals surface area contributed by atoms with E-state index in [9.17, 15) is 0 Å². The monoisotopic (exact) mass is 219 g/mol. The number of nitrogens with zero attached hydrogens (tertiary/aromatic N) is 1. The molecule has 0 radical (unpaired) electrons. The molecule has 3 nitrogen and oxygen atoms in total. The summed E-state index contributed by atoms with van der Waals surface area (Å²) in [5.41, 5.74) is 0. The summed E-state index contributed by atoms with van der Waals surface area (Å²) in [5.74, 6) is 1.76. The van der Waals surface area contributed by atoms with Gasteiger partial charge in [-0.2, -0.15) is 0 Å². The molecule has 0 bridgehead atoms. The highest BCUT2D eigenvalue weighted by Crippen LogP contribution is 2.33. The second-order valence-corrected chi connectivity index (χ2v) is 4.60. The highest BCUT2D eigenvalue weighted by atomic mass is 16.6. The zero-order valence-electron chi connectivity index (χ0n) is 9.56. The van der Waals surface area contributed by atoms with Crippen molar-refractivity contribution in [1.82, 2.24) is 4.90 Å². The highest BCUT2D eigenvalue weighted by Gasteiger charge is 2.34. The van der Waals surface area contributed by atoms with E-state index in [4.69, 9.17) is 9.47 Å². The molecule has 1 saturated heterocycles. The Kier molecular flexibility index (Phi) is 2.48. The van der Waals surface area contributed by atoms with Crippen LogP contribution in [0.3, 0.4) is 0 Å². The standard InChI is InChI=1S/C13H17NO2/c1-14-8-4-5-10(14)13-9-15-11-6-2-3-7-12(11)16-13/h2-3,6-7,10,13H,4-5,8-9H2,1H3. The van der Waals surface area contributed by atoms with Crippen molar-refractivity contribution in [3.63, 3.8) is 0 Å². The molecule has 2 atom stereocenters. The molecule has 2 aliphatic rings. The number of ether oxygens (including phenoxy) is 2. The van der Waals surface area contributed by atoms with Crippen molar-refractivity contribution in [2.45, 2.75) is 25.0 Å². The van der Waals surface area contributed by atoms with Crippen LogP contribution in [0.2, 0.25) is 0 Å². The van der Waals surface area contributed by atoms with Crippen molar-refractivity contribution < 1.29 is 9.47 Å². The van der Waals surface area contributed by atoms with E-state index in [1.54, 1.807) is 0 Å². The lowest BCUT2D eigenvalue weighted by molar-refractivity contribution is 0.0369. The maximum atomic E-state index is 6.02. The van der Waals surface area contributed by atoms with Crippen molar-refractivity contribution in [3.8, 4) is 11.5 Å². The lowest BCUT2D eigenvalue weighted by atomic mass is 10.1. The Morgan fingerprint density at radius 1 is 1.25 bits per heavy atom. The van der Waals surface area contributed by atoms with Gasteiger partial charge in [-0.05, 0) is 38.6 Å². The third-order valence-corrected chi connectivity index (χ3v) is 3.54. The van der Waals surface area contributed by atoms with E-state index in [1.807, 2.05) is 24.3 Å². The molecule has 2 unspecified atom stereocenters. The minimum atomic E-state index is 0.183. The molecule has 0 N–H and O–H groups in total. The summed E-state index contributed by atoms with van der Waals surface area (Å²) in [5, 5.41) is 0. The summed E-state index contributed by atoms with van der Waals surface area (Å²) in [4.78, 5) is 2.38. The Labute approximate surface area is 96.0 Å². The first-order valence-electron chi connectivity index (χ1n) is 5.93. The van der Waals surface area contributed by atoms with Gasteiger partial charge in [-0.25, -0.2) is 0 Å². The van der Waals surface area contributed by atoms with Gasteiger partial charge in [-0.3, -0.25) is 4.90 Å². The fraction of sp³-hybridized carbons (Fsp3) is 0.538. The van der Waals surface area contributed by atoms with Crippen molar-refractivity contribution in [3.05, 3.63) is 24.3 Å². The van der Waals surface area contributed by atoms with E-state index in [0.717, 1.165) is 11.5 Å². The van der Waals surface area contributed by atoms with Crippen LogP contribution in [0.4, 0.5) is 0 Å². The van der Waals surface area contributed by atoms with E-state index < -0.39 is 0 Å². The second kappa shape index (κ2) is 3.98. The fourth-order valence-electron chi connectivity index (χ4n) is 2.63. The summed E-state index contributed by atoms with van der Waals surface area (Å²) >= 11 is 0. The Morgan fingerprint density at radius 2 is 2.06 bits per heavy atom. The summed E-state index contributed by atoms with van der Waals surface area (Å²) in [6, 6.07) is 8.42. The maximum Gasteiger partial charge on any atom is 0.161 e. The molecule has 1 aromatic carbocycles. The van der Waals surface area contributed by atoms with Crippen molar-refractivity contribution >= 4 is 0 Å². The molecule has 0 spiro atoms. The van der Waals surface area contributed by atoms with Crippen LogP contribution in [0.5, 0.6) is 11.5 Å². The maximum absolute atomic E-state index is 6.02. The molecule has 0 aliphatic carbocycles. The van der Waals surface area contributed by atoms with Crippen LogP contribution in [0.1, 0.15) is 12.8 Å². The van der Waals surface area contributed by atoms with Gasteiger partial charge in [-0.15, -0.1) is 0 Å². The summed E-state index contributed by atoms with van der Waals surface area (Å²) in [6.07, 6.45) is 2.66. The molecule has 2 heterocycles. The molecule has 2 aliphatic heterocycles. The first-order valence-corrected chi connectivity index (χ1v) is 5.93. The van der Waals surface area contributed by atoms with E-state index in [0.29, 0.717) is 12.6 Å². The molecule has 1 fully saturated rings. The molecule has 86 valence electrons. The predicted molar refractivity (Wildman–Crippen MR) is 62.0 cm³/mol. The first kappa shape index (κ1) is 9.97. The molecule has 16 heavy (non-hydrogen) atoms. The molecule has 0 amide bonds. The Morgan fingerprint density at radius 3 is 2.81 bits per heavy atom. The summed E-state index contributed by atoms with van der Waals surface area (Å²) in [7, 11) is 2.17. The average Bonchev–Trinajstić information content (AvgIpc) is 2.75. The lowest BCUT2D eigenvalue weighted by Gasteiger charge is -2.33. The number of hydrogen-bond donors (Lipinski definition) is 0. The zero-order valence-corrected chi connectivity index (χ0v) is 9.56. The lowest BCUT2D eigenvalue weighted by Crippen LogP contribution is -2.45. The van der Waals surface area contributed by atoms with E-state index in [2.05, 4.69) is 11.9 Å². The molecule has 1 aromatic rings. The number of para-hydroxylation sites is 2. The SMILES string of the molecule is CN1CCCC1C1COc2ccccc2O1. The number of likely N-dealkylation sites (tertiary alicyclic amines) is 1. The minimum absolute atomic E-state index is 0.183. The van der Waals surface area contributed by atoms with Gasteiger partial charge in [0.25, 0.3) is 0 Å². The van der Waals surface area contributed by atoms with E-state index in [1.165, 1.54) is 19.4 Å².